The van der Waals surface area contributed by atoms with Gasteiger partial charge in [-0.15, -0.1) is 0 Å². The molecule has 2 rings (SSSR count). The summed E-state index contributed by atoms with van der Waals surface area (Å²) >= 11 is 2.09. The van der Waals surface area contributed by atoms with Gasteiger partial charge in [0, 0.05) is 12.6 Å². The van der Waals surface area contributed by atoms with Gasteiger partial charge >= 0.3 is 0 Å². The highest BCUT2D eigenvalue weighted by atomic mass is 32.2. The normalized spacial score (nSPS) is 21.4. The second-order valence-electron chi connectivity index (χ2n) is 5.28. The van der Waals surface area contributed by atoms with E-state index in [2.05, 4.69) is 66.4 Å². The van der Waals surface area contributed by atoms with Gasteiger partial charge in [-0.3, -0.25) is 0 Å². The Hall–Kier alpha value is -0.510. The molecule has 1 aromatic carbocycles. The first-order valence-electron chi connectivity index (χ1n) is 6.77. The van der Waals surface area contributed by atoms with Crippen LogP contribution in [0.15, 0.2) is 30.3 Å². The Bertz CT molecular complexity index is 334. The Balaban J connectivity index is 1.83. The minimum Gasteiger partial charge on any atom is -0.315 e. The summed E-state index contributed by atoms with van der Waals surface area (Å²) in [6.45, 7) is 2.21. The quantitative estimate of drug-likeness (QED) is 0.850. The average Bonchev–Trinajstić information content (AvgIpc) is 2.88. The summed E-state index contributed by atoms with van der Waals surface area (Å²) in [7, 11) is 4.32. The van der Waals surface area contributed by atoms with E-state index in [9.17, 15) is 0 Å². The first kappa shape index (κ1) is 13.9. The molecule has 1 aromatic rings. The second-order valence-corrected chi connectivity index (χ2v) is 6.43. The Morgan fingerprint density at radius 2 is 2.11 bits per heavy atom. The molecule has 100 valence electrons. The van der Waals surface area contributed by atoms with Crippen molar-refractivity contribution in [2.45, 2.75) is 12.5 Å². The highest BCUT2D eigenvalue weighted by molar-refractivity contribution is 7.99. The molecule has 0 spiro atoms. The zero-order chi connectivity index (χ0) is 12.8. The number of nitrogens with zero attached hydrogens (tertiary/aromatic N) is 1. The average molecular weight is 264 g/mol. The van der Waals surface area contributed by atoms with Crippen LogP contribution in [-0.2, 0) is 0 Å². The van der Waals surface area contributed by atoms with Crippen LogP contribution in [0, 0.1) is 5.92 Å². The monoisotopic (exact) mass is 264 g/mol. The number of nitrogens with one attached hydrogen (secondary N) is 1. The van der Waals surface area contributed by atoms with Crippen molar-refractivity contribution in [3.8, 4) is 0 Å². The highest BCUT2D eigenvalue weighted by Gasteiger charge is 2.17. The molecule has 0 aromatic heterocycles. The molecule has 0 amide bonds. The Labute approximate surface area is 115 Å². The zero-order valence-corrected chi connectivity index (χ0v) is 12.2. The lowest BCUT2D eigenvalue weighted by atomic mass is 10.1. The van der Waals surface area contributed by atoms with E-state index in [1.807, 2.05) is 0 Å². The minimum atomic E-state index is 0.472. The summed E-state index contributed by atoms with van der Waals surface area (Å²) in [6.07, 6.45) is 1.38. The number of hydrogen-bond donors (Lipinski definition) is 1. The van der Waals surface area contributed by atoms with E-state index in [0.717, 1.165) is 12.5 Å². The van der Waals surface area contributed by atoms with Gasteiger partial charge in [-0.05, 0) is 50.0 Å². The van der Waals surface area contributed by atoms with E-state index in [1.165, 1.54) is 30.0 Å². The van der Waals surface area contributed by atoms with Gasteiger partial charge in [-0.2, -0.15) is 11.8 Å². The van der Waals surface area contributed by atoms with E-state index < -0.39 is 0 Å². The molecule has 1 fully saturated rings. The van der Waals surface area contributed by atoms with Crippen LogP contribution in [0.3, 0.4) is 0 Å². The van der Waals surface area contributed by atoms with Crippen molar-refractivity contribution in [1.29, 1.82) is 0 Å². The maximum Gasteiger partial charge on any atom is 0.0466 e. The highest BCUT2D eigenvalue weighted by Crippen LogP contribution is 2.23. The van der Waals surface area contributed by atoms with Crippen molar-refractivity contribution in [2.75, 3.05) is 38.7 Å². The molecule has 0 radical (unpaired) electrons. The van der Waals surface area contributed by atoms with Crippen LogP contribution in [0.25, 0.3) is 0 Å². The molecule has 1 saturated heterocycles. The first-order chi connectivity index (χ1) is 8.77. The van der Waals surface area contributed by atoms with Crippen LogP contribution >= 0.6 is 11.8 Å². The summed E-state index contributed by atoms with van der Waals surface area (Å²) in [5.74, 6) is 3.57. The summed E-state index contributed by atoms with van der Waals surface area (Å²) < 4.78 is 0. The van der Waals surface area contributed by atoms with E-state index in [4.69, 9.17) is 0 Å². The molecule has 2 unspecified atom stereocenters. The first-order valence-corrected chi connectivity index (χ1v) is 7.92. The predicted octanol–water partition coefficient (Wildman–Crippen LogP) is 2.63. The summed E-state index contributed by atoms with van der Waals surface area (Å²) in [5, 5.41) is 3.65. The summed E-state index contributed by atoms with van der Waals surface area (Å²) in [6, 6.07) is 11.2. The summed E-state index contributed by atoms with van der Waals surface area (Å²) in [4.78, 5) is 2.30. The van der Waals surface area contributed by atoms with Crippen molar-refractivity contribution in [3.05, 3.63) is 35.9 Å². The number of benzene rings is 1. The van der Waals surface area contributed by atoms with Crippen molar-refractivity contribution < 1.29 is 0 Å². The second kappa shape index (κ2) is 7.17. The Kier molecular flexibility index (Phi) is 5.54. The van der Waals surface area contributed by atoms with Crippen LogP contribution in [0.2, 0.25) is 0 Å². The van der Waals surface area contributed by atoms with Crippen molar-refractivity contribution in [1.82, 2.24) is 10.2 Å². The van der Waals surface area contributed by atoms with E-state index in [0.29, 0.717) is 6.04 Å². The zero-order valence-electron chi connectivity index (χ0n) is 11.4. The minimum absolute atomic E-state index is 0.472. The number of thioether (sulfide) groups is 1. The summed E-state index contributed by atoms with van der Waals surface area (Å²) in [5.41, 5.74) is 1.40. The van der Waals surface area contributed by atoms with Crippen LogP contribution < -0.4 is 5.32 Å². The van der Waals surface area contributed by atoms with Gasteiger partial charge in [0.2, 0.25) is 0 Å². The lowest BCUT2D eigenvalue weighted by Gasteiger charge is -2.25. The maximum absolute atomic E-state index is 3.65. The molecule has 1 aliphatic heterocycles. The maximum atomic E-state index is 3.65. The Morgan fingerprint density at radius 1 is 1.33 bits per heavy atom. The molecule has 2 atom stereocenters. The largest absolute Gasteiger partial charge is 0.315 e. The molecule has 3 heteroatoms. The fourth-order valence-electron chi connectivity index (χ4n) is 2.44. The van der Waals surface area contributed by atoms with Crippen molar-refractivity contribution >= 4 is 11.8 Å². The predicted molar refractivity (Wildman–Crippen MR) is 81.2 cm³/mol. The standard InChI is InChI=1S/C15H24N2S/c1-17(2)15(14-6-4-3-5-7-14)11-16-10-13-8-9-18-12-13/h3-7,13,15-16H,8-12H2,1-2H3. The Morgan fingerprint density at radius 3 is 2.72 bits per heavy atom. The lowest BCUT2D eigenvalue weighted by molar-refractivity contribution is 0.285. The van der Waals surface area contributed by atoms with Gasteiger partial charge in [0.1, 0.15) is 0 Å². The third-order valence-electron chi connectivity index (χ3n) is 3.60. The van der Waals surface area contributed by atoms with Gasteiger partial charge in [0.05, 0.1) is 0 Å². The van der Waals surface area contributed by atoms with Crippen LogP contribution in [0.1, 0.15) is 18.0 Å². The van der Waals surface area contributed by atoms with Crippen LogP contribution in [0.5, 0.6) is 0 Å². The van der Waals surface area contributed by atoms with Gasteiger partial charge < -0.3 is 10.2 Å². The molecule has 0 aliphatic carbocycles. The van der Waals surface area contributed by atoms with Gasteiger partial charge in [-0.1, -0.05) is 30.3 Å². The molecule has 1 aliphatic rings. The van der Waals surface area contributed by atoms with Crippen LogP contribution in [0.4, 0.5) is 0 Å². The topological polar surface area (TPSA) is 15.3 Å². The molecule has 2 nitrogen and oxygen atoms in total. The molecule has 0 saturated carbocycles. The molecule has 0 bridgehead atoms. The number of hydrogen-bond acceptors (Lipinski definition) is 3. The SMILES string of the molecule is CN(C)C(CNCC1CCSC1)c1ccccc1. The molecular formula is C15H24N2S. The van der Waals surface area contributed by atoms with Crippen molar-refractivity contribution in [3.63, 3.8) is 0 Å². The van der Waals surface area contributed by atoms with Crippen molar-refractivity contribution in [2.24, 2.45) is 5.92 Å². The number of rotatable bonds is 6. The van der Waals surface area contributed by atoms with E-state index in [1.54, 1.807) is 0 Å². The van der Waals surface area contributed by atoms with E-state index >= 15 is 0 Å². The number of likely N-dealkylation sites (N-methyl/N-ethyl adjacent to an activating group) is 1. The molecule has 1 heterocycles. The fraction of sp³-hybridized carbons (Fsp3) is 0.600. The fourth-order valence-corrected chi connectivity index (χ4v) is 3.73. The molecule has 18 heavy (non-hydrogen) atoms. The molecular weight excluding hydrogens is 240 g/mol. The third kappa shape index (κ3) is 4.01. The smallest absolute Gasteiger partial charge is 0.0466 e. The lowest BCUT2D eigenvalue weighted by Crippen LogP contribution is -2.33. The van der Waals surface area contributed by atoms with E-state index in [-0.39, 0.29) is 0 Å². The van der Waals surface area contributed by atoms with Gasteiger partial charge in [-0.25, -0.2) is 0 Å². The third-order valence-corrected chi connectivity index (χ3v) is 4.83. The van der Waals surface area contributed by atoms with Gasteiger partial charge in [0.15, 0.2) is 0 Å². The molecule has 1 N–H and O–H groups in total. The van der Waals surface area contributed by atoms with Crippen LogP contribution in [-0.4, -0.2) is 43.6 Å². The van der Waals surface area contributed by atoms with Gasteiger partial charge in [0.25, 0.3) is 0 Å².